The summed E-state index contributed by atoms with van der Waals surface area (Å²) >= 11 is 0. The van der Waals surface area contributed by atoms with Gasteiger partial charge in [0.25, 0.3) is 5.91 Å². The minimum Gasteiger partial charge on any atom is -0.391 e. The van der Waals surface area contributed by atoms with Gasteiger partial charge in [0.05, 0.1) is 11.9 Å². The molecular formula is C20H31N3O4S. The van der Waals surface area contributed by atoms with E-state index in [2.05, 4.69) is 4.90 Å². The third-order valence-corrected chi connectivity index (χ3v) is 7.69. The van der Waals surface area contributed by atoms with Crippen molar-refractivity contribution >= 4 is 15.9 Å². The number of hydrogen-bond donors (Lipinski definition) is 1. The highest BCUT2D eigenvalue weighted by Crippen LogP contribution is 2.22. The number of amides is 1. The molecule has 0 unspecified atom stereocenters. The lowest BCUT2D eigenvalue weighted by molar-refractivity contribution is 0.0764. The van der Waals surface area contributed by atoms with E-state index in [4.69, 9.17) is 0 Å². The van der Waals surface area contributed by atoms with Gasteiger partial charge in [0.2, 0.25) is 10.0 Å². The smallest absolute Gasteiger partial charge is 0.253 e. The molecule has 1 aromatic rings. The van der Waals surface area contributed by atoms with E-state index in [1.807, 2.05) is 24.3 Å². The van der Waals surface area contributed by atoms with Gasteiger partial charge in [-0.15, -0.1) is 0 Å². The Labute approximate surface area is 168 Å². The maximum Gasteiger partial charge on any atom is 0.253 e. The van der Waals surface area contributed by atoms with Crippen molar-refractivity contribution in [1.29, 1.82) is 0 Å². The van der Waals surface area contributed by atoms with Crippen LogP contribution in [0.5, 0.6) is 0 Å². The Hall–Kier alpha value is -1.48. The summed E-state index contributed by atoms with van der Waals surface area (Å²) in [5.74, 6) is -0.775. The zero-order chi connectivity index (χ0) is 20.3. The number of benzene rings is 1. The molecule has 2 heterocycles. The van der Waals surface area contributed by atoms with E-state index in [1.54, 1.807) is 4.90 Å². The molecule has 2 atom stereocenters. The summed E-state index contributed by atoms with van der Waals surface area (Å²) in [6, 6.07) is 7.64. The van der Waals surface area contributed by atoms with Crippen molar-refractivity contribution in [2.24, 2.45) is 5.92 Å². The lowest BCUT2D eigenvalue weighted by Crippen LogP contribution is -2.33. The average Bonchev–Trinajstić information content (AvgIpc) is 3.02. The molecule has 0 radical (unpaired) electrons. The van der Waals surface area contributed by atoms with E-state index in [0.717, 1.165) is 23.9 Å². The zero-order valence-corrected chi connectivity index (χ0v) is 17.6. The molecule has 1 aromatic carbocycles. The van der Waals surface area contributed by atoms with Gasteiger partial charge in [-0.1, -0.05) is 18.6 Å². The molecule has 0 aliphatic carbocycles. The minimum absolute atomic E-state index is 0.153. The molecule has 0 bridgehead atoms. The first-order valence-corrected chi connectivity index (χ1v) is 11.6. The Morgan fingerprint density at radius 1 is 1.11 bits per heavy atom. The summed E-state index contributed by atoms with van der Waals surface area (Å²) in [5, 5.41) is 10.2. The molecule has 2 fully saturated rings. The minimum atomic E-state index is -3.42. The molecule has 2 saturated heterocycles. The summed E-state index contributed by atoms with van der Waals surface area (Å²) in [6.07, 6.45) is 2.98. The second-order valence-electron chi connectivity index (χ2n) is 8.13. The van der Waals surface area contributed by atoms with Crippen molar-refractivity contribution in [1.82, 2.24) is 14.1 Å². The second-order valence-corrected chi connectivity index (χ2v) is 10.4. The Balaban J connectivity index is 1.59. The molecule has 7 nitrogen and oxygen atoms in total. The topological polar surface area (TPSA) is 81.2 Å². The summed E-state index contributed by atoms with van der Waals surface area (Å²) < 4.78 is 25.3. The molecule has 1 N–H and O–H groups in total. The fourth-order valence-corrected chi connectivity index (χ4v) is 5.08. The highest BCUT2D eigenvalue weighted by molar-refractivity contribution is 7.89. The molecule has 28 heavy (non-hydrogen) atoms. The monoisotopic (exact) mass is 409 g/mol. The lowest BCUT2D eigenvalue weighted by atomic mass is 10.1. The van der Waals surface area contributed by atoms with Crippen LogP contribution in [0.15, 0.2) is 24.3 Å². The number of aliphatic hydroxyl groups is 1. The Kier molecular flexibility index (Phi) is 6.75. The van der Waals surface area contributed by atoms with Gasteiger partial charge in [0.15, 0.2) is 0 Å². The lowest BCUT2D eigenvalue weighted by Gasteiger charge is -2.26. The van der Waals surface area contributed by atoms with Crippen LogP contribution in [0.1, 0.15) is 35.2 Å². The number of β-amino-alcohol motifs (C(OH)–C–C–N with tert-alkyl or cyclic N) is 1. The largest absolute Gasteiger partial charge is 0.391 e. The Bertz CT molecular complexity index is 773. The van der Waals surface area contributed by atoms with Gasteiger partial charge in [-0.3, -0.25) is 9.69 Å². The number of aliphatic hydroxyl groups excluding tert-OH is 1. The van der Waals surface area contributed by atoms with Crippen molar-refractivity contribution in [2.45, 2.75) is 31.9 Å². The number of carbonyl (C=O) groups is 1. The molecule has 8 heteroatoms. The first-order valence-electron chi connectivity index (χ1n) is 9.95. The van der Waals surface area contributed by atoms with E-state index in [9.17, 15) is 18.3 Å². The number of hydrogen-bond acceptors (Lipinski definition) is 5. The quantitative estimate of drug-likeness (QED) is 0.758. The normalized spacial score (nSPS) is 24.1. The van der Waals surface area contributed by atoms with Gasteiger partial charge in [-0.05, 0) is 43.6 Å². The number of nitrogens with zero attached hydrogens (tertiary/aromatic N) is 3. The Morgan fingerprint density at radius 3 is 2.36 bits per heavy atom. The highest BCUT2D eigenvalue weighted by atomic mass is 32.2. The first-order chi connectivity index (χ1) is 13.3. The average molecular weight is 410 g/mol. The summed E-state index contributed by atoms with van der Waals surface area (Å²) in [4.78, 5) is 16.8. The van der Waals surface area contributed by atoms with Gasteiger partial charge >= 0.3 is 0 Å². The van der Waals surface area contributed by atoms with Gasteiger partial charge in [0.1, 0.15) is 0 Å². The second kappa shape index (κ2) is 8.90. The van der Waals surface area contributed by atoms with Crippen LogP contribution in [0, 0.1) is 5.92 Å². The third kappa shape index (κ3) is 5.11. The molecule has 0 aromatic heterocycles. The van der Waals surface area contributed by atoms with Crippen LogP contribution in [-0.2, 0) is 16.6 Å². The SMILES string of the molecule is CN(C)S(=O)(=O)C[C@@H]1CN(C(=O)c2ccc(CN3CCCCC3)cc2)C[C@@H]1O. The van der Waals surface area contributed by atoms with Crippen LogP contribution in [-0.4, -0.2) is 85.7 Å². The maximum atomic E-state index is 12.8. The number of rotatable bonds is 6. The maximum absolute atomic E-state index is 12.8. The molecule has 1 amide bonds. The summed E-state index contributed by atoms with van der Waals surface area (Å²) in [5.41, 5.74) is 1.76. The van der Waals surface area contributed by atoms with Crippen LogP contribution in [0.2, 0.25) is 0 Å². The van der Waals surface area contributed by atoms with E-state index < -0.39 is 22.0 Å². The van der Waals surface area contributed by atoms with Crippen LogP contribution >= 0.6 is 0 Å². The number of carbonyl (C=O) groups excluding carboxylic acids is 1. The van der Waals surface area contributed by atoms with Crippen molar-refractivity contribution < 1.29 is 18.3 Å². The van der Waals surface area contributed by atoms with Crippen LogP contribution in [0.4, 0.5) is 0 Å². The van der Waals surface area contributed by atoms with Gasteiger partial charge in [0, 0.05) is 45.2 Å². The summed E-state index contributed by atoms with van der Waals surface area (Å²) in [6.45, 7) is 3.58. The summed E-state index contributed by atoms with van der Waals surface area (Å²) in [7, 11) is -0.463. The molecular weight excluding hydrogens is 378 g/mol. The van der Waals surface area contributed by atoms with Crippen molar-refractivity contribution in [3.05, 3.63) is 35.4 Å². The van der Waals surface area contributed by atoms with Gasteiger partial charge in [-0.2, -0.15) is 0 Å². The van der Waals surface area contributed by atoms with Crippen LogP contribution < -0.4 is 0 Å². The predicted octanol–water partition coefficient (Wildman–Crippen LogP) is 0.997. The van der Waals surface area contributed by atoms with Crippen molar-refractivity contribution in [2.75, 3.05) is 46.0 Å². The van der Waals surface area contributed by atoms with Gasteiger partial charge in [-0.25, -0.2) is 12.7 Å². The fraction of sp³-hybridized carbons (Fsp3) is 0.650. The third-order valence-electron chi connectivity index (χ3n) is 5.73. The molecule has 2 aliphatic heterocycles. The molecule has 2 aliphatic rings. The predicted molar refractivity (Wildman–Crippen MR) is 108 cm³/mol. The van der Waals surface area contributed by atoms with E-state index in [1.165, 1.54) is 38.9 Å². The van der Waals surface area contributed by atoms with Crippen molar-refractivity contribution in [3.63, 3.8) is 0 Å². The van der Waals surface area contributed by atoms with E-state index in [-0.39, 0.29) is 24.7 Å². The zero-order valence-electron chi connectivity index (χ0n) is 16.7. The van der Waals surface area contributed by atoms with Crippen LogP contribution in [0.3, 0.4) is 0 Å². The molecule has 156 valence electrons. The van der Waals surface area contributed by atoms with E-state index in [0.29, 0.717) is 5.56 Å². The fourth-order valence-electron chi connectivity index (χ4n) is 3.91. The first kappa shape index (κ1) is 21.2. The van der Waals surface area contributed by atoms with Crippen LogP contribution in [0.25, 0.3) is 0 Å². The molecule has 0 saturated carbocycles. The number of sulfonamides is 1. The van der Waals surface area contributed by atoms with E-state index >= 15 is 0 Å². The van der Waals surface area contributed by atoms with Crippen molar-refractivity contribution in [3.8, 4) is 0 Å². The molecule has 0 spiro atoms. The highest BCUT2D eigenvalue weighted by Gasteiger charge is 2.37. The standard InChI is InChI=1S/C20H31N3O4S/c1-21(2)28(26,27)15-18-13-23(14-19(18)24)20(25)17-8-6-16(7-9-17)12-22-10-4-3-5-11-22/h6-9,18-19,24H,3-5,10-15H2,1-2H3/t18-,19-/m0/s1. The number of piperidine rings is 1. The Morgan fingerprint density at radius 2 is 1.75 bits per heavy atom. The van der Waals surface area contributed by atoms with Gasteiger partial charge < -0.3 is 10.0 Å². The molecule has 3 rings (SSSR count). The number of likely N-dealkylation sites (tertiary alicyclic amines) is 2.